The number of cyclic esters (lactones) is 1. The van der Waals surface area contributed by atoms with E-state index < -0.39 is 0 Å². The fourth-order valence-corrected chi connectivity index (χ4v) is 2.93. The third kappa shape index (κ3) is 2.17. The number of rotatable bonds is 1. The summed E-state index contributed by atoms with van der Waals surface area (Å²) < 4.78 is 11.0. The Labute approximate surface area is 124 Å². The summed E-state index contributed by atoms with van der Waals surface area (Å²) >= 11 is 0. The van der Waals surface area contributed by atoms with Gasteiger partial charge in [-0.1, -0.05) is 51.1 Å². The van der Waals surface area contributed by atoms with Crippen molar-refractivity contribution in [2.45, 2.75) is 39.1 Å². The zero-order valence-electron chi connectivity index (χ0n) is 12.7. The monoisotopic (exact) mass is 288 g/mol. The van der Waals surface area contributed by atoms with Crippen LogP contribution >= 0.6 is 0 Å². The SMILES string of the molecule is COC1=N[C@H](C(C)(C)C)N2C(=O)O[C@@H](c3ccccc3)[C@@H]12. The Hall–Kier alpha value is -2.04. The van der Waals surface area contributed by atoms with Crippen LogP contribution in [-0.4, -0.2) is 36.2 Å². The van der Waals surface area contributed by atoms with Gasteiger partial charge in [-0.05, 0) is 5.56 Å². The van der Waals surface area contributed by atoms with Gasteiger partial charge in [-0.2, -0.15) is 0 Å². The van der Waals surface area contributed by atoms with Gasteiger partial charge in [-0.3, -0.25) is 4.90 Å². The van der Waals surface area contributed by atoms with Gasteiger partial charge in [-0.15, -0.1) is 0 Å². The van der Waals surface area contributed by atoms with E-state index in [9.17, 15) is 4.79 Å². The number of aliphatic imine (C=N–C) groups is 1. The summed E-state index contributed by atoms with van der Waals surface area (Å²) in [5.74, 6) is 0.564. The first-order valence-electron chi connectivity index (χ1n) is 7.09. The first-order chi connectivity index (χ1) is 9.93. The van der Waals surface area contributed by atoms with Crippen LogP contribution in [0.4, 0.5) is 4.79 Å². The van der Waals surface area contributed by atoms with Gasteiger partial charge in [0.25, 0.3) is 0 Å². The van der Waals surface area contributed by atoms with Crippen molar-refractivity contribution in [2.24, 2.45) is 10.4 Å². The fourth-order valence-electron chi connectivity index (χ4n) is 2.93. The lowest BCUT2D eigenvalue weighted by molar-refractivity contribution is 0.112. The molecule has 1 aromatic rings. The molecule has 5 nitrogen and oxygen atoms in total. The summed E-state index contributed by atoms with van der Waals surface area (Å²) in [7, 11) is 1.59. The second-order valence-corrected chi connectivity index (χ2v) is 6.48. The number of fused-ring (bicyclic) bond motifs is 1. The van der Waals surface area contributed by atoms with Gasteiger partial charge in [0.2, 0.25) is 5.90 Å². The molecule has 0 N–H and O–H groups in total. The van der Waals surface area contributed by atoms with Gasteiger partial charge >= 0.3 is 6.09 Å². The third-order valence-corrected chi connectivity index (χ3v) is 3.90. The molecule has 3 atom stereocenters. The van der Waals surface area contributed by atoms with Gasteiger partial charge in [0, 0.05) is 5.41 Å². The average Bonchev–Trinajstić information content (AvgIpc) is 2.98. The van der Waals surface area contributed by atoms with E-state index in [0.717, 1.165) is 5.56 Å². The summed E-state index contributed by atoms with van der Waals surface area (Å²) in [4.78, 5) is 18.6. The van der Waals surface area contributed by atoms with E-state index in [-0.39, 0.29) is 29.8 Å². The Kier molecular flexibility index (Phi) is 3.15. The molecule has 0 saturated carbocycles. The Morgan fingerprint density at radius 3 is 2.48 bits per heavy atom. The number of hydrogen-bond acceptors (Lipinski definition) is 4. The quantitative estimate of drug-likeness (QED) is 0.798. The maximum absolute atomic E-state index is 12.3. The molecule has 1 amide bonds. The van der Waals surface area contributed by atoms with E-state index in [0.29, 0.717) is 5.90 Å². The highest BCUT2D eigenvalue weighted by Gasteiger charge is 2.55. The van der Waals surface area contributed by atoms with Crippen LogP contribution in [0, 0.1) is 5.41 Å². The molecule has 2 aliphatic rings. The lowest BCUT2D eigenvalue weighted by Crippen LogP contribution is -2.45. The highest BCUT2D eigenvalue weighted by molar-refractivity contribution is 5.91. The number of ether oxygens (including phenoxy) is 2. The Bertz CT molecular complexity index is 577. The van der Waals surface area contributed by atoms with Crippen LogP contribution in [0.25, 0.3) is 0 Å². The van der Waals surface area contributed by atoms with Crippen LogP contribution in [0.15, 0.2) is 35.3 Å². The van der Waals surface area contributed by atoms with Crippen LogP contribution in [0.2, 0.25) is 0 Å². The van der Waals surface area contributed by atoms with Crippen molar-refractivity contribution in [2.75, 3.05) is 7.11 Å². The molecule has 112 valence electrons. The van der Waals surface area contributed by atoms with Crippen molar-refractivity contribution in [3.05, 3.63) is 35.9 Å². The largest absolute Gasteiger partial charge is 0.483 e. The number of methoxy groups -OCH3 is 1. The molecular weight excluding hydrogens is 268 g/mol. The van der Waals surface area contributed by atoms with E-state index in [1.165, 1.54) is 0 Å². The maximum Gasteiger partial charge on any atom is 0.413 e. The molecule has 0 spiro atoms. The number of hydrogen-bond donors (Lipinski definition) is 0. The molecule has 21 heavy (non-hydrogen) atoms. The van der Waals surface area contributed by atoms with E-state index in [4.69, 9.17) is 9.47 Å². The molecule has 0 unspecified atom stereocenters. The Morgan fingerprint density at radius 1 is 1.24 bits per heavy atom. The van der Waals surface area contributed by atoms with Gasteiger partial charge in [0.05, 0.1) is 7.11 Å². The highest BCUT2D eigenvalue weighted by Crippen LogP contribution is 2.42. The second kappa shape index (κ2) is 4.76. The average molecular weight is 288 g/mol. The summed E-state index contributed by atoms with van der Waals surface area (Å²) in [5, 5.41) is 0. The summed E-state index contributed by atoms with van der Waals surface area (Å²) in [6, 6.07) is 9.44. The number of amides is 1. The van der Waals surface area contributed by atoms with E-state index in [1.807, 2.05) is 30.3 Å². The number of benzene rings is 1. The summed E-state index contributed by atoms with van der Waals surface area (Å²) in [5.41, 5.74) is 0.779. The number of nitrogens with zero attached hydrogens (tertiary/aromatic N) is 2. The highest BCUT2D eigenvalue weighted by atomic mass is 16.6. The van der Waals surface area contributed by atoms with Crippen molar-refractivity contribution in [1.29, 1.82) is 0 Å². The summed E-state index contributed by atoms with van der Waals surface area (Å²) in [6.45, 7) is 6.17. The third-order valence-electron chi connectivity index (χ3n) is 3.90. The molecule has 2 aliphatic heterocycles. The molecule has 1 saturated heterocycles. The van der Waals surface area contributed by atoms with Crippen LogP contribution in [0.3, 0.4) is 0 Å². The van der Waals surface area contributed by atoms with Gasteiger partial charge in [0.1, 0.15) is 6.17 Å². The molecule has 5 heteroatoms. The lowest BCUT2D eigenvalue weighted by atomic mass is 9.91. The molecule has 1 aromatic carbocycles. The van der Waals surface area contributed by atoms with Gasteiger partial charge in [-0.25, -0.2) is 9.79 Å². The Morgan fingerprint density at radius 2 is 1.90 bits per heavy atom. The molecule has 0 radical (unpaired) electrons. The zero-order valence-corrected chi connectivity index (χ0v) is 12.7. The van der Waals surface area contributed by atoms with Gasteiger partial charge in [0.15, 0.2) is 12.1 Å². The van der Waals surface area contributed by atoms with E-state index in [2.05, 4.69) is 25.8 Å². The predicted molar refractivity (Wildman–Crippen MR) is 79.0 cm³/mol. The minimum atomic E-state index is -0.371. The summed E-state index contributed by atoms with van der Waals surface area (Å²) in [6.07, 6.45) is -0.965. The maximum atomic E-state index is 12.3. The molecule has 0 aromatic heterocycles. The van der Waals surface area contributed by atoms with Crippen LogP contribution in [0.1, 0.15) is 32.4 Å². The van der Waals surface area contributed by atoms with Crippen molar-refractivity contribution < 1.29 is 14.3 Å². The minimum absolute atomic E-state index is 0.177. The lowest BCUT2D eigenvalue weighted by Gasteiger charge is -2.30. The molecule has 0 bridgehead atoms. The fraction of sp³-hybridized carbons (Fsp3) is 0.500. The van der Waals surface area contributed by atoms with Gasteiger partial charge < -0.3 is 9.47 Å². The van der Waals surface area contributed by atoms with Crippen molar-refractivity contribution in [3.8, 4) is 0 Å². The predicted octanol–water partition coefficient (Wildman–Crippen LogP) is 2.98. The second-order valence-electron chi connectivity index (χ2n) is 6.48. The molecule has 0 aliphatic carbocycles. The Balaban J connectivity index is 2.00. The number of carbonyl (C=O) groups excluding carboxylic acids is 1. The first kappa shape index (κ1) is 13.9. The normalized spacial score (nSPS) is 28.2. The molecule has 2 heterocycles. The van der Waals surface area contributed by atoms with Crippen molar-refractivity contribution in [3.63, 3.8) is 0 Å². The van der Waals surface area contributed by atoms with Crippen molar-refractivity contribution >= 4 is 12.0 Å². The van der Waals surface area contributed by atoms with E-state index in [1.54, 1.807) is 12.0 Å². The molecular formula is C16H20N2O3. The number of carbonyl (C=O) groups is 1. The van der Waals surface area contributed by atoms with E-state index >= 15 is 0 Å². The minimum Gasteiger partial charge on any atom is -0.483 e. The first-order valence-corrected chi connectivity index (χ1v) is 7.09. The smallest absolute Gasteiger partial charge is 0.413 e. The standard InChI is InChI=1S/C16H20N2O3/c1-16(2,3)14-17-13(20-4)11-12(21-15(19)18(11)14)10-8-6-5-7-9-10/h5-9,11-12,14H,1-4H3/t11-,12-,14-/m0/s1. The topological polar surface area (TPSA) is 51.1 Å². The zero-order chi connectivity index (χ0) is 15.2. The molecule has 3 rings (SSSR count). The van der Waals surface area contributed by atoms with Crippen molar-refractivity contribution in [1.82, 2.24) is 4.90 Å². The van der Waals surface area contributed by atoms with Crippen LogP contribution in [-0.2, 0) is 9.47 Å². The molecule has 1 fully saturated rings. The van der Waals surface area contributed by atoms with Crippen LogP contribution in [0.5, 0.6) is 0 Å². The van der Waals surface area contributed by atoms with Crippen LogP contribution < -0.4 is 0 Å².